The molecule has 0 saturated heterocycles. The minimum atomic E-state index is -0.796. The quantitative estimate of drug-likeness (QED) is 0.0261. The topological polar surface area (TPSA) is 78.9 Å². The smallest absolute Gasteiger partial charge is 0.306 e. The predicted octanol–water partition coefficient (Wildman–Crippen LogP) is 21.8. The number of hydrogen-bond donors (Lipinski definition) is 0. The zero-order valence-electron chi connectivity index (χ0n) is 49.9. The maximum atomic E-state index is 12.9. The first-order chi connectivity index (χ1) is 38.0. The van der Waals surface area contributed by atoms with Gasteiger partial charge >= 0.3 is 17.9 Å². The summed E-state index contributed by atoms with van der Waals surface area (Å²) in [6, 6.07) is 0. The van der Waals surface area contributed by atoms with Gasteiger partial charge in [0.15, 0.2) is 6.10 Å². The first-order valence-electron chi connectivity index (χ1n) is 31.7. The van der Waals surface area contributed by atoms with Crippen LogP contribution in [0, 0.1) is 0 Å². The minimum Gasteiger partial charge on any atom is -0.462 e. The second-order valence-corrected chi connectivity index (χ2v) is 20.6. The monoisotopic (exact) mass is 1060 g/mol. The average Bonchev–Trinajstić information content (AvgIpc) is 3.43. The Hall–Kier alpha value is -4.45. The molecule has 0 amide bonds. The van der Waals surface area contributed by atoms with Gasteiger partial charge in [-0.25, -0.2) is 0 Å². The fourth-order valence-electron chi connectivity index (χ4n) is 8.41. The van der Waals surface area contributed by atoms with Gasteiger partial charge in [0.2, 0.25) is 0 Å². The molecule has 0 rings (SSSR count). The average molecular weight is 1070 g/mol. The summed E-state index contributed by atoms with van der Waals surface area (Å²) in [4.78, 5) is 38.2. The van der Waals surface area contributed by atoms with Gasteiger partial charge in [-0.05, 0) is 122 Å². The number of hydrogen-bond acceptors (Lipinski definition) is 6. The zero-order valence-corrected chi connectivity index (χ0v) is 49.9. The molecule has 0 aliphatic carbocycles. The Morgan fingerprint density at radius 3 is 0.818 bits per heavy atom. The molecule has 0 aliphatic heterocycles. The lowest BCUT2D eigenvalue weighted by molar-refractivity contribution is -0.167. The van der Waals surface area contributed by atoms with Gasteiger partial charge in [-0.15, -0.1) is 0 Å². The molecule has 0 aromatic carbocycles. The van der Waals surface area contributed by atoms with Crippen molar-refractivity contribution in [3.8, 4) is 0 Å². The summed E-state index contributed by atoms with van der Waals surface area (Å²) >= 11 is 0. The van der Waals surface area contributed by atoms with Gasteiger partial charge in [0.1, 0.15) is 13.2 Å². The van der Waals surface area contributed by atoms with Crippen molar-refractivity contribution in [1.29, 1.82) is 0 Å². The van der Waals surface area contributed by atoms with Crippen LogP contribution in [0.15, 0.2) is 134 Å². The van der Waals surface area contributed by atoms with Gasteiger partial charge in [0, 0.05) is 19.3 Å². The summed E-state index contributed by atoms with van der Waals surface area (Å²) < 4.78 is 16.8. The number of allylic oxidation sites excluding steroid dienone is 22. The van der Waals surface area contributed by atoms with Crippen LogP contribution in [0.4, 0.5) is 0 Å². The van der Waals surface area contributed by atoms with Crippen LogP contribution < -0.4 is 0 Å². The SMILES string of the molecule is CC/C=C\C/C=C\C/C=C\C/C=C\C/C=C\C/C=C\C/C=C\C/C=C\C/C=C\CCCCCCCC(=O)OCC(COC(=O)CCCCCCCCCCCCC)OC(=O)CCCCCCC/C=C\C/C=C\CCCCC. The standard InChI is InChI=1S/C71H116O6/c1-4-7-10-13-16-19-22-24-26-27-28-29-30-31-32-33-34-35-36-37-38-39-40-41-42-43-45-46-49-52-55-58-61-64-70(73)76-67-68(66-75-69(72)63-60-57-54-51-48-21-18-15-12-9-6-3)77-71(74)65-62-59-56-53-50-47-44-25-23-20-17-14-11-8-5-2/h7,10,16-17,19-20,24-26,28-29,31-32,34-35,37-38,40-41,43-45,68H,4-6,8-9,11-15,18,21-23,27,30,33,36,39,42,46-67H2,1-3H3/b10-7-,19-16-,20-17-,26-24-,29-28-,32-31-,35-34-,38-37-,41-40-,44-25-,45-43-. The molecule has 1 atom stereocenters. The van der Waals surface area contributed by atoms with E-state index in [1.165, 1.54) is 77.0 Å². The van der Waals surface area contributed by atoms with Crippen molar-refractivity contribution in [2.24, 2.45) is 0 Å². The zero-order chi connectivity index (χ0) is 55.7. The molecule has 6 heteroatoms. The maximum absolute atomic E-state index is 12.9. The number of ether oxygens (including phenoxy) is 3. The van der Waals surface area contributed by atoms with Crippen LogP contribution in [0.1, 0.15) is 278 Å². The van der Waals surface area contributed by atoms with Gasteiger partial charge in [-0.1, -0.05) is 270 Å². The third-order valence-corrected chi connectivity index (χ3v) is 13.1. The van der Waals surface area contributed by atoms with Crippen LogP contribution >= 0.6 is 0 Å². The van der Waals surface area contributed by atoms with E-state index in [1.807, 2.05) is 0 Å². The van der Waals surface area contributed by atoms with Gasteiger partial charge in [-0.3, -0.25) is 14.4 Å². The van der Waals surface area contributed by atoms with E-state index in [2.05, 4.69) is 154 Å². The first kappa shape index (κ1) is 72.5. The number of rotatable bonds is 56. The van der Waals surface area contributed by atoms with Gasteiger partial charge < -0.3 is 14.2 Å². The van der Waals surface area contributed by atoms with Crippen LogP contribution in [-0.4, -0.2) is 37.2 Å². The molecule has 0 saturated carbocycles. The highest BCUT2D eigenvalue weighted by Gasteiger charge is 2.19. The Labute approximate surface area is 475 Å². The molecule has 77 heavy (non-hydrogen) atoms. The lowest BCUT2D eigenvalue weighted by atomic mass is 10.1. The van der Waals surface area contributed by atoms with E-state index in [9.17, 15) is 14.4 Å². The van der Waals surface area contributed by atoms with E-state index in [0.717, 1.165) is 161 Å². The Kier molecular flexibility index (Phi) is 60.4. The summed E-state index contributed by atoms with van der Waals surface area (Å²) in [7, 11) is 0. The van der Waals surface area contributed by atoms with E-state index in [-0.39, 0.29) is 31.1 Å². The van der Waals surface area contributed by atoms with Gasteiger partial charge in [0.25, 0.3) is 0 Å². The molecule has 0 fully saturated rings. The van der Waals surface area contributed by atoms with Crippen LogP contribution in [0.5, 0.6) is 0 Å². The highest BCUT2D eigenvalue weighted by atomic mass is 16.6. The first-order valence-corrected chi connectivity index (χ1v) is 31.7. The molecular weight excluding hydrogens is 949 g/mol. The second-order valence-electron chi connectivity index (χ2n) is 20.6. The number of carbonyl (C=O) groups is 3. The number of unbranched alkanes of at least 4 members (excludes halogenated alkanes) is 23. The van der Waals surface area contributed by atoms with Crippen LogP contribution in [0.3, 0.4) is 0 Å². The largest absolute Gasteiger partial charge is 0.462 e. The summed E-state index contributed by atoms with van der Waals surface area (Å²) in [6.07, 6.45) is 90.3. The van der Waals surface area contributed by atoms with E-state index < -0.39 is 6.10 Å². The van der Waals surface area contributed by atoms with Crippen molar-refractivity contribution in [3.05, 3.63) is 134 Å². The molecule has 0 spiro atoms. The van der Waals surface area contributed by atoms with Crippen molar-refractivity contribution in [1.82, 2.24) is 0 Å². The number of carbonyl (C=O) groups excluding carboxylic acids is 3. The Bertz CT molecular complexity index is 1650. The van der Waals surface area contributed by atoms with Crippen molar-refractivity contribution >= 4 is 17.9 Å². The lowest BCUT2D eigenvalue weighted by Crippen LogP contribution is -2.30. The van der Waals surface area contributed by atoms with Gasteiger partial charge in [-0.2, -0.15) is 0 Å². The highest BCUT2D eigenvalue weighted by Crippen LogP contribution is 2.15. The number of esters is 3. The van der Waals surface area contributed by atoms with Crippen molar-refractivity contribution < 1.29 is 28.6 Å². The van der Waals surface area contributed by atoms with E-state index >= 15 is 0 Å². The Morgan fingerprint density at radius 2 is 0.506 bits per heavy atom. The molecule has 0 heterocycles. The third kappa shape index (κ3) is 62.3. The summed E-state index contributed by atoms with van der Waals surface area (Å²) in [5.41, 5.74) is 0. The predicted molar refractivity (Wildman–Crippen MR) is 334 cm³/mol. The fraction of sp³-hybridized carbons (Fsp3) is 0.648. The Morgan fingerprint density at radius 1 is 0.273 bits per heavy atom. The molecule has 0 bridgehead atoms. The van der Waals surface area contributed by atoms with E-state index in [1.54, 1.807) is 0 Å². The molecule has 436 valence electrons. The summed E-state index contributed by atoms with van der Waals surface area (Å²) in [5, 5.41) is 0. The molecule has 1 unspecified atom stereocenters. The molecule has 0 aliphatic rings. The van der Waals surface area contributed by atoms with Crippen LogP contribution in [-0.2, 0) is 28.6 Å². The third-order valence-electron chi connectivity index (χ3n) is 13.1. The van der Waals surface area contributed by atoms with Crippen molar-refractivity contribution in [2.45, 2.75) is 284 Å². The molecule has 0 aromatic heterocycles. The lowest BCUT2D eigenvalue weighted by Gasteiger charge is -2.18. The van der Waals surface area contributed by atoms with Crippen molar-refractivity contribution in [2.75, 3.05) is 13.2 Å². The molecule has 0 N–H and O–H groups in total. The molecule has 0 aromatic rings. The van der Waals surface area contributed by atoms with E-state index in [0.29, 0.717) is 19.3 Å². The van der Waals surface area contributed by atoms with Crippen molar-refractivity contribution in [3.63, 3.8) is 0 Å². The van der Waals surface area contributed by atoms with Crippen LogP contribution in [0.25, 0.3) is 0 Å². The fourth-order valence-corrected chi connectivity index (χ4v) is 8.41. The minimum absolute atomic E-state index is 0.0908. The Balaban J connectivity index is 4.30. The highest BCUT2D eigenvalue weighted by molar-refractivity contribution is 5.71. The second kappa shape index (κ2) is 64.1. The molecular formula is C71H116O6. The molecule has 0 radical (unpaired) electrons. The molecule has 6 nitrogen and oxygen atoms in total. The normalized spacial score (nSPS) is 13.0. The maximum Gasteiger partial charge on any atom is 0.306 e. The van der Waals surface area contributed by atoms with Gasteiger partial charge in [0.05, 0.1) is 0 Å². The summed E-state index contributed by atoms with van der Waals surface area (Å²) in [5.74, 6) is -0.925. The van der Waals surface area contributed by atoms with E-state index in [4.69, 9.17) is 14.2 Å². The summed E-state index contributed by atoms with van der Waals surface area (Å²) in [6.45, 7) is 6.47. The van der Waals surface area contributed by atoms with Crippen LogP contribution in [0.2, 0.25) is 0 Å².